The van der Waals surface area contributed by atoms with E-state index in [0.717, 1.165) is 11.1 Å². The summed E-state index contributed by atoms with van der Waals surface area (Å²) in [5, 5.41) is 0.666. The first-order valence-corrected chi connectivity index (χ1v) is 12.6. The number of rotatable bonds is 8. The molecular formula is C27H22ClNO5S2. The molecule has 1 amide bonds. The number of hydrogen-bond donors (Lipinski definition) is 0. The molecule has 0 radical (unpaired) electrons. The van der Waals surface area contributed by atoms with Gasteiger partial charge in [-0.2, -0.15) is 0 Å². The Bertz CT molecular complexity index is 1320. The molecule has 1 aliphatic rings. The third-order valence-corrected chi connectivity index (χ3v) is 6.78. The number of amides is 1. The first-order valence-electron chi connectivity index (χ1n) is 11.0. The number of halogens is 1. The largest absolute Gasteiger partial charge is 0.493 e. The van der Waals surface area contributed by atoms with Crippen LogP contribution in [0.4, 0.5) is 5.69 Å². The monoisotopic (exact) mass is 539 g/mol. The van der Waals surface area contributed by atoms with Crippen LogP contribution in [-0.2, 0) is 16.1 Å². The summed E-state index contributed by atoms with van der Waals surface area (Å²) in [6, 6.07) is 19.5. The van der Waals surface area contributed by atoms with E-state index in [-0.39, 0.29) is 5.91 Å². The number of ether oxygens (including phenoxy) is 3. The van der Waals surface area contributed by atoms with Crippen molar-refractivity contribution in [2.45, 2.75) is 13.5 Å². The van der Waals surface area contributed by atoms with E-state index in [1.165, 1.54) is 16.7 Å². The number of nitrogens with zero attached hydrogens (tertiary/aromatic N) is 1. The van der Waals surface area contributed by atoms with Crippen molar-refractivity contribution in [1.82, 2.24) is 0 Å². The predicted molar refractivity (Wildman–Crippen MR) is 147 cm³/mol. The van der Waals surface area contributed by atoms with Crippen LogP contribution >= 0.6 is 35.6 Å². The number of carbonyl (C=O) groups is 2. The third kappa shape index (κ3) is 5.90. The van der Waals surface area contributed by atoms with Crippen molar-refractivity contribution in [1.29, 1.82) is 0 Å². The molecule has 9 heteroatoms. The molecule has 0 aromatic heterocycles. The van der Waals surface area contributed by atoms with E-state index >= 15 is 0 Å². The van der Waals surface area contributed by atoms with Crippen molar-refractivity contribution in [3.63, 3.8) is 0 Å². The molecule has 0 spiro atoms. The van der Waals surface area contributed by atoms with Crippen LogP contribution < -0.4 is 14.4 Å². The van der Waals surface area contributed by atoms with Crippen molar-refractivity contribution in [3.05, 3.63) is 93.3 Å². The van der Waals surface area contributed by atoms with Gasteiger partial charge >= 0.3 is 5.97 Å². The van der Waals surface area contributed by atoms with Gasteiger partial charge in [-0.15, -0.1) is 0 Å². The Balaban J connectivity index is 1.49. The van der Waals surface area contributed by atoms with Crippen LogP contribution in [-0.4, -0.2) is 29.9 Å². The Hall–Kier alpha value is -3.33. The lowest BCUT2D eigenvalue weighted by molar-refractivity contribution is -0.113. The quantitative estimate of drug-likeness (QED) is 0.184. The summed E-state index contributed by atoms with van der Waals surface area (Å²) < 4.78 is 16.8. The number of carbonyl (C=O) groups excluding carboxylic acids is 2. The van der Waals surface area contributed by atoms with E-state index in [1.54, 1.807) is 56.5 Å². The van der Waals surface area contributed by atoms with Gasteiger partial charge in [-0.3, -0.25) is 9.69 Å². The number of hydrogen-bond acceptors (Lipinski definition) is 7. The average Bonchev–Trinajstić information content (AvgIpc) is 3.16. The average molecular weight is 540 g/mol. The topological polar surface area (TPSA) is 65.1 Å². The molecule has 0 atom stereocenters. The molecule has 1 fully saturated rings. The fraction of sp³-hybridized carbons (Fsp3) is 0.148. The molecule has 6 nitrogen and oxygen atoms in total. The van der Waals surface area contributed by atoms with Gasteiger partial charge in [0.2, 0.25) is 0 Å². The summed E-state index contributed by atoms with van der Waals surface area (Å²) in [6.07, 6.45) is 1.76. The Morgan fingerprint density at radius 3 is 2.44 bits per heavy atom. The molecule has 0 saturated carbocycles. The van der Waals surface area contributed by atoms with Crippen LogP contribution in [0.2, 0.25) is 5.02 Å². The third-order valence-electron chi connectivity index (χ3n) is 5.22. The van der Waals surface area contributed by atoms with E-state index in [9.17, 15) is 9.59 Å². The first kappa shape index (κ1) is 25.8. The second-order valence-corrected chi connectivity index (χ2v) is 9.72. The molecular weight excluding hydrogens is 518 g/mol. The second kappa shape index (κ2) is 11.6. The van der Waals surface area contributed by atoms with E-state index in [1.807, 2.05) is 30.3 Å². The number of methoxy groups -OCH3 is 1. The number of esters is 1. The van der Waals surface area contributed by atoms with Crippen LogP contribution in [0.25, 0.3) is 6.08 Å². The standard InChI is InChI=1S/C27H22ClNO5S2/c1-3-33-26(31)19-7-11-21(12-8-19)29-25(30)24(36-27(29)35)15-18-6-13-22(23(14-18)32-2)34-16-17-4-9-20(28)10-5-17/h4-15H,3,16H2,1-2H3/b24-15-. The zero-order chi connectivity index (χ0) is 25.7. The van der Waals surface area contributed by atoms with E-state index in [0.29, 0.717) is 50.2 Å². The van der Waals surface area contributed by atoms with Gasteiger partial charge in [0, 0.05) is 5.02 Å². The highest BCUT2D eigenvalue weighted by Gasteiger charge is 2.33. The lowest BCUT2D eigenvalue weighted by Crippen LogP contribution is -2.27. The highest BCUT2D eigenvalue weighted by Crippen LogP contribution is 2.37. The Morgan fingerprint density at radius 1 is 1.06 bits per heavy atom. The number of thioether (sulfide) groups is 1. The normalized spacial score (nSPS) is 14.3. The van der Waals surface area contributed by atoms with Crippen molar-refractivity contribution in [2.24, 2.45) is 0 Å². The summed E-state index contributed by atoms with van der Waals surface area (Å²) in [5.74, 6) is 0.473. The van der Waals surface area contributed by atoms with E-state index in [4.69, 9.17) is 38.0 Å². The highest BCUT2D eigenvalue weighted by molar-refractivity contribution is 8.27. The molecule has 1 heterocycles. The lowest BCUT2D eigenvalue weighted by Gasteiger charge is -2.14. The van der Waals surface area contributed by atoms with Gasteiger partial charge < -0.3 is 14.2 Å². The Labute approximate surface area is 223 Å². The summed E-state index contributed by atoms with van der Waals surface area (Å²) >= 11 is 12.6. The van der Waals surface area contributed by atoms with Crippen LogP contribution in [0.5, 0.6) is 11.5 Å². The molecule has 1 aliphatic heterocycles. The summed E-state index contributed by atoms with van der Waals surface area (Å²) in [6.45, 7) is 2.40. The van der Waals surface area contributed by atoms with Gasteiger partial charge in [0.1, 0.15) is 6.61 Å². The molecule has 36 heavy (non-hydrogen) atoms. The SMILES string of the molecule is CCOC(=O)c1ccc(N2C(=O)/C(=C/c3ccc(OCc4ccc(Cl)cc4)c(OC)c3)SC2=S)cc1. The maximum atomic E-state index is 13.1. The molecule has 0 N–H and O–H groups in total. The lowest BCUT2D eigenvalue weighted by atomic mass is 10.1. The molecule has 0 bridgehead atoms. The molecule has 3 aromatic carbocycles. The van der Waals surface area contributed by atoms with E-state index < -0.39 is 5.97 Å². The summed E-state index contributed by atoms with van der Waals surface area (Å²) in [5.41, 5.74) is 2.73. The maximum Gasteiger partial charge on any atom is 0.338 e. The fourth-order valence-electron chi connectivity index (χ4n) is 3.44. The highest BCUT2D eigenvalue weighted by atomic mass is 35.5. The molecule has 184 valence electrons. The summed E-state index contributed by atoms with van der Waals surface area (Å²) in [7, 11) is 1.56. The Kier molecular flexibility index (Phi) is 8.30. The zero-order valence-electron chi connectivity index (χ0n) is 19.5. The minimum Gasteiger partial charge on any atom is -0.493 e. The summed E-state index contributed by atoms with van der Waals surface area (Å²) in [4.78, 5) is 27.0. The van der Waals surface area contributed by atoms with Crippen LogP contribution in [0.1, 0.15) is 28.4 Å². The minimum atomic E-state index is -0.413. The van der Waals surface area contributed by atoms with Gasteiger partial charge in [0.15, 0.2) is 15.8 Å². The Morgan fingerprint density at radius 2 is 1.78 bits per heavy atom. The predicted octanol–water partition coefficient (Wildman–Crippen LogP) is 6.51. The van der Waals surface area contributed by atoms with Crippen LogP contribution in [0.15, 0.2) is 71.6 Å². The minimum absolute atomic E-state index is 0.240. The molecule has 1 saturated heterocycles. The smallest absolute Gasteiger partial charge is 0.338 e. The van der Waals surface area contributed by atoms with Crippen LogP contribution in [0.3, 0.4) is 0 Å². The van der Waals surface area contributed by atoms with Gasteiger partial charge in [-0.1, -0.05) is 53.8 Å². The van der Waals surface area contributed by atoms with E-state index in [2.05, 4.69) is 0 Å². The van der Waals surface area contributed by atoms with Crippen LogP contribution in [0, 0.1) is 0 Å². The van der Waals surface area contributed by atoms with Crippen molar-refractivity contribution in [2.75, 3.05) is 18.6 Å². The maximum absolute atomic E-state index is 13.1. The van der Waals surface area contributed by atoms with Crippen molar-refractivity contribution < 1.29 is 23.8 Å². The van der Waals surface area contributed by atoms with Gasteiger partial charge in [0.25, 0.3) is 5.91 Å². The van der Waals surface area contributed by atoms with Crippen molar-refractivity contribution in [3.8, 4) is 11.5 Å². The molecule has 4 rings (SSSR count). The number of thiocarbonyl (C=S) groups is 1. The van der Waals surface area contributed by atoms with Gasteiger partial charge in [-0.25, -0.2) is 4.79 Å². The molecule has 0 unspecified atom stereocenters. The molecule has 3 aromatic rings. The van der Waals surface area contributed by atoms with Gasteiger partial charge in [-0.05, 0) is 72.7 Å². The first-order chi connectivity index (χ1) is 17.4. The molecule has 0 aliphatic carbocycles. The second-order valence-electron chi connectivity index (χ2n) is 7.61. The number of benzene rings is 3. The zero-order valence-corrected chi connectivity index (χ0v) is 21.9. The van der Waals surface area contributed by atoms with Gasteiger partial charge in [0.05, 0.1) is 29.9 Å². The van der Waals surface area contributed by atoms with Crippen molar-refractivity contribution >= 4 is 63.5 Å². The fourth-order valence-corrected chi connectivity index (χ4v) is 4.86. The number of anilines is 1.